The Kier molecular flexibility index (Phi) is 3.65. The summed E-state index contributed by atoms with van der Waals surface area (Å²) in [6, 6.07) is 9.54. The van der Waals surface area contributed by atoms with Gasteiger partial charge < -0.3 is 4.74 Å². The van der Waals surface area contributed by atoms with Gasteiger partial charge in [-0.15, -0.1) is 0 Å². The minimum atomic E-state index is -0.435. The number of rotatable bonds is 3. The Morgan fingerprint density at radius 2 is 1.95 bits per heavy atom. The Labute approximate surface area is 125 Å². The lowest BCUT2D eigenvalue weighted by Crippen LogP contribution is -2.02. The van der Waals surface area contributed by atoms with Gasteiger partial charge in [0.25, 0.3) is 0 Å². The second-order valence-corrected chi connectivity index (χ2v) is 4.64. The Morgan fingerprint density at radius 1 is 1.18 bits per heavy atom. The van der Waals surface area contributed by atoms with Gasteiger partial charge >= 0.3 is 5.97 Å². The molecule has 3 aromatic rings. The molecule has 2 aromatic heterocycles. The number of aromatic nitrogens is 3. The molecule has 0 amide bonds. The topological polar surface area (TPSA) is 67.9 Å². The molecule has 3 rings (SSSR count). The van der Waals surface area contributed by atoms with E-state index < -0.39 is 5.97 Å². The van der Waals surface area contributed by atoms with E-state index in [0.717, 1.165) is 22.4 Å². The van der Waals surface area contributed by atoms with Crippen LogP contribution in [0.25, 0.3) is 22.4 Å². The van der Waals surface area contributed by atoms with Gasteiger partial charge in [-0.1, -0.05) is 0 Å². The number of halogens is 1. The Balaban J connectivity index is 2.01. The normalized spacial score (nSPS) is 10.5. The van der Waals surface area contributed by atoms with E-state index in [1.54, 1.807) is 36.7 Å². The second-order valence-electron chi connectivity index (χ2n) is 4.64. The number of hydrogen-bond acceptors (Lipinski definition) is 4. The van der Waals surface area contributed by atoms with E-state index in [-0.39, 0.29) is 11.7 Å². The standard InChI is InChI=1S/C16H12FN3O2/c1-10(21)22-15-8-12(6-7-18-15)14-9-19-20-16(14)11-2-4-13(17)5-3-11/h2-9H,1H3,(H,19,20). The lowest BCUT2D eigenvalue weighted by Gasteiger charge is -2.05. The minimum Gasteiger partial charge on any atom is -0.408 e. The maximum Gasteiger partial charge on any atom is 0.309 e. The summed E-state index contributed by atoms with van der Waals surface area (Å²) in [4.78, 5) is 15.0. The van der Waals surface area contributed by atoms with E-state index >= 15 is 0 Å². The Morgan fingerprint density at radius 3 is 2.68 bits per heavy atom. The lowest BCUT2D eigenvalue weighted by molar-refractivity contribution is -0.132. The molecule has 1 aromatic carbocycles. The zero-order valence-electron chi connectivity index (χ0n) is 11.7. The number of aromatic amines is 1. The molecule has 110 valence electrons. The molecule has 0 aliphatic rings. The van der Waals surface area contributed by atoms with Crippen molar-refractivity contribution >= 4 is 5.97 Å². The van der Waals surface area contributed by atoms with Gasteiger partial charge in [-0.3, -0.25) is 9.89 Å². The van der Waals surface area contributed by atoms with E-state index in [1.807, 2.05) is 0 Å². The van der Waals surface area contributed by atoms with Gasteiger partial charge in [-0.05, 0) is 35.9 Å². The van der Waals surface area contributed by atoms with Gasteiger partial charge in [0.2, 0.25) is 5.88 Å². The van der Waals surface area contributed by atoms with Crippen LogP contribution in [-0.4, -0.2) is 21.2 Å². The molecular weight excluding hydrogens is 285 g/mol. The van der Waals surface area contributed by atoms with Crippen molar-refractivity contribution in [2.45, 2.75) is 6.92 Å². The highest BCUT2D eigenvalue weighted by Gasteiger charge is 2.11. The highest BCUT2D eigenvalue weighted by atomic mass is 19.1. The largest absolute Gasteiger partial charge is 0.408 e. The lowest BCUT2D eigenvalue weighted by atomic mass is 10.0. The van der Waals surface area contributed by atoms with Crippen molar-refractivity contribution in [3.8, 4) is 28.3 Å². The van der Waals surface area contributed by atoms with Gasteiger partial charge in [0.05, 0.1) is 11.9 Å². The number of carbonyl (C=O) groups excluding carboxylic acids is 1. The van der Waals surface area contributed by atoms with Crippen molar-refractivity contribution in [1.29, 1.82) is 0 Å². The summed E-state index contributed by atoms with van der Waals surface area (Å²) >= 11 is 0. The van der Waals surface area contributed by atoms with Crippen LogP contribution in [0.15, 0.2) is 48.8 Å². The minimum absolute atomic E-state index is 0.219. The summed E-state index contributed by atoms with van der Waals surface area (Å²) in [5.74, 6) is -0.516. The van der Waals surface area contributed by atoms with Crippen LogP contribution in [0.4, 0.5) is 4.39 Å². The third-order valence-electron chi connectivity index (χ3n) is 3.07. The fourth-order valence-electron chi connectivity index (χ4n) is 2.12. The maximum atomic E-state index is 13.0. The van der Waals surface area contributed by atoms with E-state index in [4.69, 9.17) is 4.74 Å². The third kappa shape index (κ3) is 2.85. The van der Waals surface area contributed by atoms with Crippen LogP contribution < -0.4 is 4.74 Å². The summed E-state index contributed by atoms with van der Waals surface area (Å²) in [6.45, 7) is 1.32. The van der Waals surface area contributed by atoms with Crippen LogP contribution in [0.2, 0.25) is 0 Å². The fraction of sp³-hybridized carbons (Fsp3) is 0.0625. The number of H-pyrrole nitrogens is 1. The molecule has 0 spiro atoms. The Hall–Kier alpha value is -3.02. The summed E-state index contributed by atoms with van der Waals surface area (Å²) in [5.41, 5.74) is 3.15. The quantitative estimate of drug-likeness (QED) is 0.754. The first kappa shape index (κ1) is 13.9. The average Bonchev–Trinajstić information content (AvgIpc) is 2.97. The summed E-state index contributed by atoms with van der Waals surface area (Å²) < 4.78 is 18.0. The second kappa shape index (κ2) is 5.77. The molecule has 2 heterocycles. The first-order valence-corrected chi connectivity index (χ1v) is 6.57. The molecule has 0 saturated carbocycles. The van der Waals surface area contributed by atoms with Gasteiger partial charge in [-0.2, -0.15) is 5.10 Å². The molecule has 0 atom stereocenters. The molecule has 0 saturated heterocycles. The summed E-state index contributed by atoms with van der Waals surface area (Å²) in [6.07, 6.45) is 3.21. The first-order chi connectivity index (χ1) is 10.6. The van der Waals surface area contributed by atoms with Crippen LogP contribution in [0.3, 0.4) is 0 Å². The van der Waals surface area contributed by atoms with E-state index in [9.17, 15) is 9.18 Å². The van der Waals surface area contributed by atoms with Crippen molar-refractivity contribution in [3.63, 3.8) is 0 Å². The van der Waals surface area contributed by atoms with Crippen molar-refractivity contribution in [3.05, 3.63) is 54.6 Å². The van der Waals surface area contributed by atoms with Gasteiger partial charge in [0.15, 0.2) is 0 Å². The molecule has 0 bridgehead atoms. The fourth-order valence-corrected chi connectivity index (χ4v) is 2.12. The predicted octanol–water partition coefficient (Wildman–Crippen LogP) is 3.20. The van der Waals surface area contributed by atoms with Crippen LogP contribution in [0.5, 0.6) is 5.88 Å². The number of pyridine rings is 1. The molecule has 0 fully saturated rings. The zero-order chi connectivity index (χ0) is 15.5. The SMILES string of the molecule is CC(=O)Oc1cc(-c2cn[nH]c2-c2ccc(F)cc2)ccn1. The average molecular weight is 297 g/mol. The van der Waals surface area contributed by atoms with Crippen LogP contribution in [0.1, 0.15) is 6.92 Å². The van der Waals surface area contributed by atoms with Crippen molar-refractivity contribution < 1.29 is 13.9 Å². The monoisotopic (exact) mass is 297 g/mol. The first-order valence-electron chi connectivity index (χ1n) is 6.57. The third-order valence-corrected chi connectivity index (χ3v) is 3.07. The summed E-state index contributed by atoms with van der Waals surface area (Å²) in [7, 11) is 0. The highest BCUT2D eigenvalue weighted by molar-refractivity contribution is 5.80. The number of benzene rings is 1. The number of nitrogens with zero attached hydrogens (tertiary/aromatic N) is 2. The molecule has 5 nitrogen and oxygen atoms in total. The van der Waals surface area contributed by atoms with Crippen LogP contribution in [-0.2, 0) is 4.79 Å². The van der Waals surface area contributed by atoms with Crippen LogP contribution >= 0.6 is 0 Å². The van der Waals surface area contributed by atoms with E-state index in [0.29, 0.717) is 0 Å². The smallest absolute Gasteiger partial charge is 0.309 e. The molecule has 1 N–H and O–H groups in total. The number of hydrogen-bond donors (Lipinski definition) is 1. The zero-order valence-corrected chi connectivity index (χ0v) is 11.7. The molecule has 6 heteroatoms. The van der Waals surface area contributed by atoms with Gasteiger partial charge in [-0.25, -0.2) is 9.37 Å². The number of ether oxygens (including phenoxy) is 1. The molecular formula is C16H12FN3O2. The molecule has 0 unspecified atom stereocenters. The molecule has 0 radical (unpaired) electrons. The number of esters is 1. The summed E-state index contributed by atoms with van der Waals surface area (Å²) in [5, 5.41) is 6.94. The Bertz CT molecular complexity index is 812. The van der Waals surface area contributed by atoms with Crippen molar-refractivity contribution in [2.24, 2.45) is 0 Å². The van der Waals surface area contributed by atoms with Crippen LogP contribution in [0, 0.1) is 5.82 Å². The van der Waals surface area contributed by atoms with Gasteiger partial charge in [0.1, 0.15) is 5.82 Å². The number of nitrogens with one attached hydrogen (secondary N) is 1. The molecule has 22 heavy (non-hydrogen) atoms. The predicted molar refractivity (Wildman–Crippen MR) is 78.5 cm³/mol. The number of carbonyl (C=O) groups is 1. The van der Waals surface area contributed by atoms with E-state index in [2.05, 4.69) is 15.2 Å². The van der Waals surface area contributed by atoms with Crippen molar-refractivity contribution in [2.75, 3.05) is 0 Å². The van der Waals surface area contributed by atoms with Crippen molar-refractivity contribution in [1.82, 2.24) is 15.2 Å². The highest BCUT2D eigenvalue weighted by Crippen LogP contribution is 2.31. The van der Waals surface area contributed by atoms with Gasteiger partial charge in [0, 0.05) is 30.3 Å². The molecule has 0 aliphatic heterocycles. The van der Waals surface area contributed by atoms with E-state index in [1.165, 1.54) is 19.1 Å². The molecule has 0 aliphatic carbocycles. The maximum absolute atomic E-state index is 13.0.